The SMILES string of the molecule is O=C(NC(CO)C1CC1)c1cnc(N2CC(F)(F)C2)c(OCC2CC2)n1. The van der Waals surface area contributed by atoms with Crippen molar-refractivity contribution in [3.63, 3.8) is 0 Å². The van der Waals surface area contributed by atoms with Crippen molar-refractivity contribution in [3.05, 3.63) is 11.9 Å². The molecule has 9 heteroatoms. The zero-order chi connectivity index (χ0) is 18.3. The van der Waals surface area contributed by atoms with Crippen LogP contribution in [0.25, 0.3) is 0 Å². The Morgan fingerprint density at radius 2 is 2.12 bits per heavy atom. The topological polar surface area (TPSA) is 87.6 Å². The van der Waals surface area contributed by atoms with Crippen molar-refractivity contribution in [2.45, 2.75) is 37.6 Å². The number of hydrogen-bond donors (Lipinski definition) is 2. The molecule has 2 aliphatic carbocycles. The lowest BCUT2D eigenvalue weighted by Gasteiger charge is -2.39. The maximum absolute atomic E-state index is 13.2. The molecule has 1 amide bonds. The van der Waals surface area contributed by atoms with E-state index in [-0.39, 0.29) is 30.0 Å². The highest BCUT2D eigenvalue weighted by Crippen LogP contribution is 2.36. The number of aliphatic hydroxyl groups excluding tert-OH is 1. The Balaban J connectivity index is 1.49. The van der Waals surface area contributed by atoms with Crippen LogP contribution in [0.1, 0.15) is 36.2 Å². The van der Waals surface area contributed by atoms with E-state index < -0.39 is 24.9 Å². The molecule has 3 aliphatic rings. The molecule has 1 atom stereocenters. The second-order valence-electron chi connectivity index (χ2n) is 7.45. The van der Waals surface area contributed by atoms with E-state index in [0.717, 1.165) is 25.7 Å². The van der Waals surface area contributed by atoms with Gasteiger partial charge in [0.2, 0.25) is 0 Å². The average Bonchev–Trinajstić information content (AvgIpc) is 3.48. The maximum Gasteiger partial charge on any atom is 0.282 e. The Bertz CT molecular complexity index is 687. The van der Waals surface area contributed by atoms with Gasteiger partial charge in [-0.1, -0.05) is 0 Å². The number of aliphatic hydroxyl groups is 1. The second-order valence-corrected chi connectivity index (χ2v) is 7.45. The molecule has 1 unspecified atom stereocenters. The molecule has 2 saturated carbocycles. The number of rotatable bonds is 8. The average molecular weight is 368 g/mol. The molecule has 4 rings (SSSR count). The fourth-order valence-electron chi connectivity index (χ4n) is 2.99. The molecule has 1 saturated heterocycles. The van der Waals surface area contributed by atoms with Gasteiger partial charge in [-0.05, 0) is 37.5 Å². The molecule has 0 radical (unpaired) electrons. The van der Waals surface area contributed by atoms with E-state index in [4.69, 9.17) is 4.74 Å². The minimum absolute atomic E-state index is 0.0610. The number of hydrogen-bond acceptors (Lipinski definition) is 6. The van der Waals surface area contributed by atoms with E-state index in [1.807, 2.05) is 0 Å². The van der Waals surface area contributed by atoms with Crippen LogP contribution in [-0.4, -0.2) is 59.2 Å². The van der Waals surface area contributed by atoms with Crippen LogP contribution in [0.2, 0.25) is 0 Å². The second kappa shape index (κ2) is 6.61. The highest BCUT2D eigenvalue weighted by molar-refractivity contribution is 5.92. The number of anilines is 1. The molecule has 142 valence electrons. The third-order valence-electron chi connectivity index (χ3n) is 4.96. The van der Waals surface area contributed by atoms with E-state index in [0.29, 0.717) is 18.4 Å². The lowest BCUT2D eigenvalue weighted by Crippen LogP contribution is -2.56. The number of alkyl halides is 2. The lowest BCUT2D eigenvalue weighted by atomic mass is 10.1. The molecule has 1 aromatic heterocycles. The predicted octanol–water partition coefficient (Wildman–Crippen LogP) is 1.22. The first-order chi connectivity index (χ1) is 12.4. The highest BCUT2D eigenvalue weighted by Gasteiger charge is 2.46. The lowest BCUT2D eigenvalue weighted by molar-refractivity contribution is -0.0270. The van der Waals surface area contributed by atoms with Crippen molar-refractivity contribution in [3.8, 4) is 5.88 Å². The minimum Gasteiger partial charge on any atom is -0.475 e. The van der Waals surface area contributed by atoms with Crippen molar-refractivity contribution < 1.29 is 23.4 Å². The van der Waals surface area contributed by atoms with Gasteiger partial charge in [0.25, 0.3) is 17.7 Å². The van der Waals surface area contributed by atoms with Gasteiger partial charge in [-0.25, -0.2) is 18.7 Å². The van der Waals surface area contributed by atoms with Crippen LogP contribution in [-0.2, 0) is 0 Å². The van der Waals surface area contributed by atoms with Crippen LogP contribution in [0.15, 0.2) is 6.20 Å². The maximum atomic E-state index is 13.2. The zero-order valence-electron chi connectivity index (χ0n) is 14.3. The van der Waals surface area contributed by atoms with Crippen LogP contribution < -0.4 is 15.0 Å². The van der Waals surface area contributed by atoms with E-state index in [9.17, 15) is 18.7 Å². The first-order valence-corrected chi connectivity index (χ1v) is 8.99. The standard InChI is InChI=1S/C17H22F2N4O3/c18-17(19)8-23(9-17)14-16(26-7-10-1-2-10)22-12(5-20-14)15(25)21-13(6-24)11-3-4-11/h5,10-11,13,24H,1-4,6-9H2,(H,21,25). The normalized spacial score (nSPS) is 22.5. The van der Waals surface area contributed by atoms with Crippen LogP contribution in [0.4, 0.5) is 14.6 Å². The van der Waals surface area contributed by atoms with Crippen molar-refractivity contribution in [2.75, 3.05) is 31.2 Å². The Morgan fingerprint density at radius 3 is 2.69 bits per heavy atom. The van der Waals surface area contributed by atoms with Gasteiger partial charge in [-0.15, -0.1) is 0 Å². The summed E-state index contributed by atoms with van der Waals surface area (Å²) in [5.41, 5.74) is 0.0610. The number of nitrogens with zero attached hydrogens (tertiary/aromatic N) is 3. The predicted molar refractivity (Wildman–Crippen MR) is 88.5 cm³/mol. The molecule has 1 aliphatic heterocycles. The summed E-state index contributed by atoms with van der Waals surface area (Å²) in [6.45, 7) is -0.545. The molecular formula is C17H22F2N4O3. The largest absolute Gasteiger partial charge is 0.475 e. The molecule has 0 spiro atoms. The number of ether oxygens (including phenoxy) is 1. The van der Waals surface area contributed by atoms with Gasteiger partial charge in [-0.3, -0.25) is 4.79 Å². The van der Waals surface area contributed by atoms with E-state index >= 15 is 0 Å². The van der Waals surface area contributed by atoms with Gasteiger partial charge >= 0.3 is 0 Å². The van der Waals surface area contributed by atoms with Crippen LogP contribution in [0.3, 0.4) is 0 Å². The third kappa shape index (κ3) is 3.87. The Kier molecular flexibility index (Phi) is 4.42. The van der Waals surface area contributed by atoms with Gasteiger partial charge in [-0.2, -0.15) is 0 Å². The Labute approximate surface area is 149 Å². The summed E-state index contributed by atoms with van der Waals surface area (Å²) in [6, 6.07) is -0.297. The fraction of sp³-hybridized carbons (Fsp3) is 0.706. The molecule has 1 aromatic rings. The Hall–Kier alpha value is -2.03. The molecule has 26 heavy (non-hydrogen) atoms. The number of carbonyl (C=O) groups excluding carboxylic acids is 1. The summed E-state index contributed by atoms with van der Waals surface area (Å²) in [5.74, 6) is -2.07. The molecule has 3 fully saturated rings. The summed E-state index contributed by atoms with van der Waals surface area (Å²) in [6.07, 6.45) is 5.38. The van der Waals surface area contributed by atoms with Gasteiger partial charge < -0.3 is 20.1 Å². The molecular weight excluding hydrogens is 346 g/mol. The zero-order valence-corrected chi connectivity index (χ0v) is 14.3. The van der Waals surface area contributed by atoms with Gasteiger partial charge in [0.1, 0.15) is 0 Å². The number of carbonyl (C=O) groups is 1. The number of amides is 1. The monoisotopic (exact) mass is 368 g/mol. The van der Waals surface area contributed by atoms with Crippen molar-refractivity contribution in [1.82, 2.24) is 15.3 Å². The first kappa shape index (κ1) is 17.4. The van der Waals surface area contributed by atoms with Crippen molar-refractivity contribution >= 4 is 11.7 Å². The van der Waals surface area contributed by atoms with E-state index in [1.165, 1.54) is 11.1 Å². The quantitative estimate of drug-likeness (QED) is 0.718. The number of halogens is 2. The van der Waals surface area contributed by atoms with Crippen LogP contribution >= 0.6 is 0 Å². The summed E-state index contributed by atoms with van der Waals surface area (Å²) >= 11 is 0. The minimum atomic E-state index is -2.73. The number of nitrogens with one attached hydrogen (secondary N) is 1. The molecule has 2 heterocycles. The van der Waals surface area contributed by atoms with E-state index in [2.05, 4.69) is 15.3 Å². The highest BCUT2D eigenvalue weighted by atomic mass is 19.3. The smallest absolute Gasteiger partial charge is 0.282 e. The van der Waals surface area contributed by atoms with Crippen molar-refractivity contribution in [1.29, 1.82) is 0 Å². The summed E-state index contributed by atoms with van der Waals surface area (Å²) in [4.78, 5) is 22.2. The van der Waals surface area contributed by atoms with Gasteiger partial charge in [0.15, 0.2) is 11.5 Å². The molecule has 7 nitrogen and oxygen atoms in total. The summed E-state index contributed by atoms with van der Waals surface area (Å²) in [5, 5.41) is 12.1. The third-order valence-corrected chi connectivity index (χ3v) is 4.96. The van der Waals surface area contributed by atoms with Crippen LogP contribution in [0, 0.1) is 11.8 Å². The molecule has 0 bridgehead atoms. The molecule has 2 N–H and O–H groups in total. The molecule has 0 aromatic carbocycles. The number of aromatic nitrogens is 2. The van der Waals surface area contributed by atoms with Gasteiger partial charge in [0, 0.05) is 0 Å². The van der Waals surface area contributed by atoms with Gasteiger partial charge in [0.05, 0.1) is 38.5 Å². The summed E-state index contributed by atoms with van der Waals surface area (Å²) < 4.78 is 32.0. The van der Waals surface area contributed by atoms with Crippen LogP contribution in [0.5, 0.6) is 5.88 Å². The Morgan fingerprint density at radius 1 is 1.38 bits per heavy atom. The summed E-state index contributed by atoms with van der Waals surface area (Å²) in [7, 11) is 0. The van der Waals surface area contributed by atoms with E-state index in [1.54, 1.807) is 0 Å². The fourth-order valence-corrected chi connectivity index (χ4v) is 2.99. The first-order valence-electron chi connectivity index (χ1n) is 8.99. The van der Waals surface area contributed by atoms with Crippen molar-refractivity contribution in [2.24, 2.45) is 11.8 Å².